The number of hydrogen-bond acceptors (Lipinski definition) is 2. The summed E-state index contributed by atoms with van der Waals surface area (Å²) in [6.45, 7) is 4.73. The molecule has 0 aromatic rings. The van der Waals surface area contributed by atoms with Crippen LogP contribution in [0.15, 0.2) is 0 Å². The predicted octanol–water partition coefficient (Wildman–Crippen LogP) is 4.74. The van der Waals surface area contributed by atoms with Crippen molar-refractivity contribution in [3.05, 3.63) is 0 Å². The second kappa shape index (κ2) is 4.83. The van der Waals surface area contributed by atoms with Gasteiger partial charge in [-0.15, -0.1) is 0 Å². The quantitative estimate of drug-likeness (QED) is 0.648. The molecule has 7 unspecified atom stereocenters. The van der Waals surface area contributed by atoms with Gasteiger partial charge in [-0.2, -0.15) is 5.26 Å². The van der Waals surface area contributed by atoms with Gasteiger partial charge in [0.25, 0.3) is 0 Å². The third kappa shape index (κ3) is 1.75. The first kappa shape index (κ1) is 14.7. The van der Waals surface area contributed by atoms with Gasteiger partial charge in [0.1, 0.15) is 5.78 Å². The topological polar surface area (TPSA) is 40.9 Å². The molecule has 0 aromatic carbocycles. The molecular weight excluding hydrogens is 270 g/mol. The van der Waals surface area contributed by atoms with Crippen molar-refractivity contribution in [3.63, 3.8) is 0 Å². The number of carbonyl (C=O) groups excluding carboxylic acids is 1. The van der Waals surface area contributed by atoms with Gasteiger partial charge < -0.3 is 0 Å². The summed E-state index contributed by atoms with van der Waals surface area (Å²) >= 11 is 0. The van der Waals surface area contributed by atoms with Crippen LogP contribution in [0.2, 0.25) is 0 Å². The van der Waals surface area contributed by atoms with E-state index < -0.39 is 0 Å². The van der Waals surface area contributed by atoms with Crippen LogP contribution in [0.25, 0.3) is 0 Å². The molecule has 4 fully saturated rings. The zero-order chi connectivity index (χ0) is 15.5. The average Bonchev–Trinajstić information content (AvgIpc) is 2.78. The smallest absolute Gasteiger partial charge is 0.140 e. The van der Waals surface area contributed by atoms with Crippen LogP contribution in [0.1, 0.15) is 71.6 Å². The Balaban J connectivity index is 1.71. The first-order valence-electron chi connectivity index (χ1n) is 9.43. The summed E-state index contributed by atoms with van der Waals surface area (Å²) in [4.78, 5) is 12.6. The highest BCUT2D eigenvalue weighted by Crippen LogP contribution is 2.66. The Morgan fingerprint density at radius 3 is 2.68 bits per heavy atom. The number of nitrogens with zero attached hydrogens (tertiary/aromatic N) is 1. The summed E-state index contributed by atoms with van der Waals surface area (Å²) in [6.07, 6.45) is 11.0. The molecule has 4 rings (SSSR count). The van der Waals surface area contributed by atoms with E-state index in [9.17, 15) is 10.1 Å². The van der Waals surface area contributed by atoms with Gasteiger partial charge in [-0.3, -0.25) is 4.79 Å². The standard InChI is InChI=1S/C20H29NO/c1-19-9-4-3-5-14(19)6-7-15-16(19)8-10-20(2)17(22)11-13(12-21)18(15)20/h13-16,18H,3-11H2,1-2H3. The maximum atomic E-state index is 12.6. The van der Waals surface area contributed by atoms with Crippen LogP contribution < -0.4 is 0 Å². The van der Waals surface area contributed by atoms with Gasteiger partial charge in [-0.25, -0.2) is 0 Å². The van der Waals surface area contributed by atoms with Crippen molar-refractivity contribution < 1.29 is 4.79 Å². The number of nitriles is 1. The highest BCUT2D eigenvalue weighted by molar-refractivity contribution is 5.88. The van der Waals surface area contributed by atoms with Gasteiger partial charge in [0.15, 0.2) is 0 Å². The fourth-order valence-electron chi connectivity index (χ4n) is 7.30. The SMILES string of the molecule is CC12CCC3C(CCC4CCCCC43C)C1C(C#N)CC2=O. The maximum Gasteiger partial charge on any atom is 0.140 e. The molecule has 7 atom stereocenters. The van der Waals surface area contributed by atoms with Gasteiger partial charge in [-0.1, -0.05) is 26.7 Å². The van der Waals surface area contributed by atoms with Crippen molar-refractivity contribution in [2.45, 2.75) is 71.6 Å². The number of Topliss-reactive ketones (excluding diaryl/α,β-unsaturated/α-hetero) is 1. The fourth-order valence-corrected chi connectivity index (χ4v) is 7.30. The van der Waals surface area contributed by atoms with E-state index in [2.05, 4.69) is 19.9 Å². The van der Waals surface area contributed by atoms with E-state index in [1.54, 1.807) is 0 Å². The van der Waals surface area contributed by atoms with E-state index in [1.807, 2.05) is 0 Å². The molecule has 4 aliphatic rings. The first-order valence-corrected chi connectivity index (χ1v) is 9.43. The molecule has 120 valence electrons. The number of carbonyl (C=O) groups is 1. The predicted molar refractivity (Wildman–Crippen MR) is 85.8 cm³/mol. The molecule has 2 nitrogen and oxygen atoms in total. The highest BCUT2D eigenvalue weighted by Gasteiger charge is 2.62. The summed E-state index contributed by atoms with van der Waals surface area (Å²) < 4.78 is 0. The largest absolute Gasteiger partial charge is 0.299 e. The van der Waals surface area contributed by atoms with Crippen molar-refractivity contribution >= 4 is 5.78 Å². The van der Waals surface area contributed by atoms with E-state index >= 15 is 0 Å². The van der Waals surface area contributed by atoms with E-state index in [0.717, 1.165) is 18.3 Å². The minimum absolute atomic E-state index is 0.00552. The Morgan fingerprint density at radius 2 is 1.91 bits per heavy atom. The molecule has 0 radical (unpaired) electrons. The fraction of sp³-hybridized carbons (Fsp3) is 0.900. The Hall–Kier alpha value is -0.840. The minimum Gasteiger partial charge on any atom is -0.299 e. The molecule has 4 aliphatic carbocycles. The van der Waals surface area contributed by atoms with Gasteiger partial charge >= 0.3 is 0 Å². The van der Waals surface area contributed by atoms with Crippen molar-refractivity contribution in [1.29, 1.82) is 5.26 Å². The summed E-state index contributed by atoms with van der Waals surface area (Å²) in [6, 6.07) is 2.52. The van der Waals surface area contributed by atoms with Crippen molar-refractivity contribution in [2.24, 2.45) is 40.4 Å². The lowest BCUT2D eigenvalue weighted by molar-refractivity contribution is -0.139. The Labute approximate surface area is 134 Å². The zero-order valence-electron chi connectivity index (χ0n) is 14.1. The van der Waals surface area contributed by atoms with Crippen molar-refractivity contribution in [3.8, 4) is 6.07 Å². The third-order valence-electron chi connectivity index (χ3n) is 8.48. The second-order valence-corrected chi connectivity index (χ2v) is 9.14. The molecule has 4 saturated carbocycles. The number of ketones is 1. The van der Waals surface area contributed by atoms with E-state index in [1.165, 1.54) is 44.9 Å². The highest BCUT2D eigenvalue weighted by atomic mass is 16.1. The van der Waals surface area contributed by atoms with Crippen molar-refractivity contribution in [2.75, 3.05) is 0 Å². The number of hydrogen-bond donors (Lipinski definition) is 0. The van der Waals surface area contributed by atoms with E-state index in [-0.39, 0.29) is 11.3 Å². The van der Waals surface area contributed by atoms with Gasteiger partial charge in [-0.05, 0) is 67.6 Å². The Bertz CT molecular complexity index is 534. The Kier molecular flexibility index (Phi) is 3.23. The van der Waals surface area contributed by atoms with E-state index in [4.69, 9.17) is 0 Å². The molecule has 0 N–H and O–H groups in total. The molecule has 0 aromatic heterocycles. The van der Waals surface area contributed by atoms with Crippen LogP contribution in [-0.4, -0.2) is 5.78 Å². The van der Waals surface area contributed by atoms with Gasteiger partial charge in [0, 0.05) is 11.8 Å². The third-order valence-corrected chi connectivity index (χ3v) is 8.48. The lowest BCUT2D eigenvalue weighted by atomic mass is 9.45. The molecule has 2 heteroatoms. The molecular formula is C20H29NO. The maximum absolute atomic E-state index is 12.6. The summed E-state index contributed by atoms with van der Waals surface area (Å²) in [7, 11) is 0. The Morgan fingerprint density at radius 1 is 1.09 bits per heavy atom. The molecule has 0 heterocycles. The van der Waals surface area contributed by atoms with Crippen LogP contribution in [0, 0.1) is 51.8 Å². The summed E-state index contributed by atoms with van der Waals surface area (Å²) in [5, 5.41) is 9.62. The average molecular weight is 299 g/mol. The van der Waals surface area contributed by atoms with Gasteiger partial charge in [0.05, 0.1) is 12.0 Å². The number of fused-ring (bicyclic) bond motifs is 5. The summed E-state index contributed by atoms with van der Waals surface area (Å²) in [5.74, 6) is 3.04. The lowest BCUT2D eigenvalue weighted by Gasteiger charge is -2.59. The van der Waals surface area contributed by atoms with Gasteiger partial charge in [0.2, 0.25) is 0 Å². The summed E-state index contributed by atoms with van der Waals surface area (Å²) in [5.41, 5.74) is 0.313. The van der Waals surface area contributed by atoms with Crippen LogP contribution in [-0.2, 0) is 4.79 Å². The first-order chi connectivity index (χ1) is 10.5. The number of rotatable bonds is 0. The van der Waals surface area contributed by atoms with Crippen LogP contribution in [0.4, 0.5) is 0 Å². The molecule has 0 bridgehead atoms. The second-order valence-electron chi connectivity index (χ2n) is 9.14. The van der Waals surface area contributed by atoms with Crippen LogP contribution in [0.3, 0.4) is 0 Å². The molecule has 0 spiro atoms. The zero-order valence-corrected chi connectivity index (χ0v) is 14.1. The van der Waals surface area contributed by atoms with Crippen LogP contribution in [0.5, 0.6) is 0 Å². The monoisotopic (exact) mass is 299 g/mol. The molecule has 0 saturated heterocycles. The molecule has 0 amide bonds. The minimum atomic E-state index is -0.181. The van der Waals surface area contributed by atoms with E-state index in [0.29, 0.717) is 29.5 Å². The van der Waals surface area contributed by atoms with Crippen molar-refractivity contribution in [1.82, 2.24) is 0 Å². The normalized spacial score (nSPS) is 54.0. The molecule has 0 aliphatic heterocycles. The van der Waals surface area contributed by atoms with Crippen LogP contribution >= 0.6 is 0 Å². The lowest BCUT2D eigenvalue weighted by Crippen LogP contribution is -2.53. The molecule has 22 heavy (non-hydrogen) atoms.